The van der Waals surface area contributed by atoms with Crippen molar-refractivity contribution in [3.05, 3.63) is 76.0 Å². The van der Waals surface area contributed by atoms with Gasteiger partial charge in [0.1, 0.15) is 6.04 Å². The smallest absolute Gasteiger partial charge is 0.298 e. The van der Waals surface area contributed by atoms with Crippen LogP contribution >= 0.6 is 0 Å². The maximum absolute atomic E-state index is 13.5. The zero-order valence-corrected chi connectivity index (χ0v) is 17.1. The summed E-state index contributed by atoms with van der Waals surface area (Å²) in [5.41, 5.74) is 1.76. The maximum atomic E-state index is 13.5. The Morgan fingerprint density at radius 2 is 1.78 bits per heavy atom. The quantitative estimate of drug-likeness (QED) is 0.469. The van der Waals surface area contributed by atoms with Crippen LogP contribution in [0.2, 0.25) is 0 Å². The number of amides is 2. The lowest BCUT2D eigenvalue weighted by Crippen LogP contribution is -2.50. The number of nitrogens with one attached hydrogen (secondary N) is 1. The zero-order chi connectivity index (χ0) is 22.4. The highest BCUT2D eigenvalue weighted by Gasteiger charge is 2.42. The molecule has 5 rings (SSSR count). The summed E-state index contributed by atoms with van der Waals surface area (Å²) < 4.78 is 1.43. The van der Waals surface area contributed by atoms with Gasteiger partial charge in [0, 0.05) is 23.1 Å². The lowest BCUT2D eigenvalue weighted by atomic mass is 10.0. The molecule has 2 aliphatic rings. The van der Waals surface area contributed by atoms with Crippen LogP contribution in [0.4, 0.5) is 5.69 Å². The van der Waals surface area contributed by atoms with E-state index in [2.05, 4.69) is 5.32 Å². The molecular weight excluding hydrogens is 412 g/mol. The highest BCUT2D eigenvalue weighted by Crippen LogP contribution is 2.29. The molecule has 1 aromatic heterocycles. The third-order valence-corrected chi connectivity index (χ3v) is 6.22. The minimum absolute atomic E-state index is 0.168. The topological polar surface area (TPSA) is 115 Å². The molecule has 3 aromatic rings. The Balaban J connectivity index is 1.73. The Kier molecular flexibility index (Phi) is 4.73. The molecule has 32 heavy (non-hydrogen) atoms. The molecule has 1 saturated heterocycles. The highest BCUT2D eigenvalue weighted by atomic mass is 16.6. The summed E-state index contributed by atoms with van der Waals surface area (Å²) >= 11 is 0. The number of nitro groups is 1. The fourth-order valence-electron chi connectivity index (χ4n) is 4.66. The Bertz CT molecular complexity index is 1280. The van der Waals surface area contributed by atoms with Crippen molar-refractivity contribution in [2.45, 2.75) is 31.3 Å². The number of hydrogen-bond donors (Lipinski definition) is 1. The summed E-state index contributed by atoms with van der Waals surface area (Å²) in [6, 6.07) is 11.4. The van der Waals surface area contributed by atoms with Gasteiger partial charge in [-0.15, -0.1) is 0 Å². The first-order valence-corrected chi connectivity index (χ1v) is 10.4. The second-order valence-corrected chi connectivity index (χ2v) is 8.08. The van der Waals surface area contributed by atoms with Gasteiger partial charge in [-0.05, 0) is 36.6 Å². The number of para-hydroxylation sites is 2. The molecule has 3 heterocycles. The molecule has 9 heteroatoms. The van der Waals surface area contributed by atoms with Gasteiger partial charge in [-0.1, -0.05) is 30.3 Å². The fraction of sp³-hybridized carbons (Fsp3) is 0.261. The summed E-state index contributed by atoms with van der Waals surface area (Å²) in [7, 11) is 0. The van der Waals surface area contributed by atoms with Crippen LogP contribution < -0.4 is 5.32 Å². The van der Waals surface area contributed by atoms with Crippen molar-refractivity contribution in [1.29, 1.82) is 0 Å². The molecule has 2 amide bonds. The normalized spacial score (nSPS) is 21.2. The van der Waals surface area contributed by atoms with E-state index in [1.165, 1.54) is 9.47 Å². The number of rotatable bonds is 1. The monoisotopic (exact) mass is 432 g/mol. The van der Waals surface area contributed by atoms with E-state index >= 15 is 0 Å². The van der Waals surface area contributed by atoms with Gasteiger partial charge < -0.3 is 10.2 Å². The molecule has 0 aliphatic carbocycles. The van der Waals surface area contributed by atoms with Crippen LogP contribution in [0.15, 0.2) is 54.7 Å². The first kappa shape index (κ1) is 19.9. The van der Waals surface area contributed by atoms with Crippen molar-refractivity contribution >= 4 is 34.3 Å². The molecule has 2 atom stereocenters. The summed E-state index contributed by atoms with van der Waals surface area (Å²) in [5, 5.41) is 15.4. The molecule has 9 nitrogen and oxygen atoms in total. The molecule has 0 radical (unpaired) electrons. The van der Waals surface area contributed by atoms with Gasteiger partial charge in [0.2, 0.25) is 5.91 Å². The largest absolute Gasteiger partial charge is 0.325 e. The first-order chi connectivity index (χ1) is 15.5. The number of nitrogens with zero attached hydrogens (tertiary/aromatic N) is 3. The number of carbonyl (C=O) groups is 3. The second-order valence-electron chi connectivity index (χ2n) is 8.08. The van der Waals surface area contributed by atoms with Gasteiger partial charge in [0.25, 0.3) is 17.9 Å². The van der Waals surface area contributed by atoms with Crippen LogP contribution in [0.25, 0.3) is 10.9 Å². The standard InChI is InChI=1S/C23H20N4O5/c28-21-19-10-5-11-25(19)23(30)20(27(31)32)12-14-13-26(18-9-4-2-6-15(14)18)22(29)16-7-1-3-8-17(16)24-21/h1-4,6-9,13,19-20H,5,10-12H2,(H,24,28). The molecule has 1 fully saturated rings. The van der Waals surface area contributed by atoms with E-state index in [1.807, 2.05) is 0 Å². The lowest BCUT2D eigenvalue weighted by Gasteiger charge is -2.25. The van der Waals surface area contributed by atoms with Gasteiger partial charge in [-0.2, -0.15) is 0 Å². The molecule has 2 aliphatic heterocycles. The molecular formula is C23H20N4O5. The number of carbonyl (C=O) groups excluding carboxylic acids is 3. The third-order valence-electron chi connectivity index (χ3n) is 6.22. The van der Waals surface area contributed by atoms with E-state index in [0.29, 0.717) is 40.6 Å². The van der Waals surface area contributed by atoms with E-state index in [9.17, 15) is 24.5 Å². The van der Waals surface area contributed by atoms with Crippen molar-refractivity contribution in [3.63, 3.8) is 0 Å². The maximum Gasteiger partial charge on any atom is 0.298 e. The van der Waals surface area contributed by atoms with Crippen molar-refractivity contribution in [3.8, 4) is 0 Å². The Hall–Kier alpha value is -4.01. The molecule has 1 N–H and O–H groups in total. The van der Waals surface area contributed by atoms with Crippen LogP contribution in [0.3, 0.4) is 0 Å². The van der Waals surface area contributed by atoms with Gasteiger partial charge in [-0.25, -0.2) is 0 Å². The van der Waals surface area contributed by atoms with Crippen LogP contribution in [-0.2, 0) is 16.0 Å². The molecule has 162 valence electrons. The fourth-order valence-corrected chi connectivity index (χ4v) is 4.66. The number of fused-ring (bicyclic) bond motifs is 7. The molecule has 2 bridgehead atoms. The average Bonchev–Trinajstić information content (AvgIpc) is 3.42. The zero-order valence-electron chi connectivity index (χ0n) is 17.1. The predicted molar refractivity (Wildman–Crippen MR) is 116 cm³/mol. The van der Waals surface area contributed by atoms with Crippen molar-refractivity contribution in [2.75, 3.05) is 11.9 Å². The van der Waals surface area contributed by atoms with E-state index in [-0.39, 0.29) is 18.9 Å². The number of benzene rings is 2. The van der Waals surface area contributed by atoms with Gasteiger partial charge in [-0.3, -0.25) is 29.1 Å². The Morgan fingerprint density at radius 1 is 1.03 bits per heavy atom. The Morgan fingerprint density at radius 3 is 2.59 bits per heavy atom. The summed E-state index contributed by atoms with van der Waals surface area (Å²) in [4.78, 5) is 52.3. The van der Waals surface area contributed by atoms with Crippen LogP contribution in [-0.4, -0.2) is 50.7 Å². The third kappa shape index (κ3) is 3.13. The van der Waals surface area contributed by atoms with Gasteiger partial charge >= 0.3 is 0 Å². The number of anilines is 1. The van der Waals surface area contributed by atoms with Crippen LogP contribution in [0, 0.1) is 10.1 Å². The van der Waals surface area contributed by atoms with Crippen molar-refractivity contribution in [1.82, 2.24) is 9.47 Å². The summed E-state index contributed by atoms with van der Waals surface area (Å²) in [5.74, 6) is -1.49. The molecule has 0 saturated carbocycles. The van der Waals surface area contributed by atoms with Crippen molar-refractivity contribution in [2.24, 2.45) is 0 Å². The highest BCUT2D eigenvalue weighted by molar-refractivity contribution is 6.09. The predicted octanol–water partition coefficient (Wildman–Crippen LogP) is 2.46. The van der Waals surface area contributed by atoms with Crippen LogP contribution in [0.5, 0.6) is 0 Å². The van der Waals surface area contributed by atoms with E-state index < -0.39 is 28.8 Å². The SMILES string of the molecule is O=C1Nc2ccccc2C(=O)n2cc(c3ccccc32)CC([N+](=O)[O-])C(=O)N2CCCC12. The first-order valence-electron chi connectivity index (χ1n) is 10.4. The summed E-state index contributed by atoms with van der Waals surface area (Å²) in [6.45, 7) is 0.281. The van der Waals surface area contributed by atoms with Gasteiger partial charge in [0.05, 0.1) is 23.2 Å². The Labute approximate surface area is 182 Å². The summed E-state index contributed by atoms with van der Waals surface area (Å²) in [6.07, 6.45) is 2.39. The van der Waals surface area contributed by atoms with Crippen molar-refractivity contribution < 1.29 is 19.3 Å². The van der Waals surface area contributed by atoms with E-state index in [1.54, 1.807) is 54.7 Å². The second kappa shape index (κ2) is 7.60. The van der Waals surface area contributed by atoms with Gasteiger partial charge in [0.15, 0.2) is 0 Å². The number of hydrogen-bond acceptors (Lipinski definition) is 5. The minimum atomic E-state index is -1.54. The average molecular weight is 432 g/mol. The molecule has 0 spiro atoms. The van der Waals surface area contributed by atoms with E-state index in [4.69, 9.17) is 0 Å². The van der Waals surface area contributed by atoms with E-state index in [0.717, 1.165) is 0 Å². The molecule has 2 aromatic carbocycles. The molecule has 2 unspecified atom stereocenters. The van der Waals surface area contributed by atoms with Crippen LogP contribution in [0.1, 0.15) is 28.8 Å². The lowest BCUT2D eigenvalue weighted by molar-refractivity contribution is -0.508. The number of aromatic nitrogens is 1. The minimum Gasteiger partial charge on any atom is -0.325 e.